The molecule has 0 fully saturated rings. The Bertz CT molecular complexity index is 415. The number of sulfonamides is 1. The van der Waals surface area contributed by atoms with Crippen LogP contribution in [0.4, 0.5) is 0 Å². The summed E-state index contributed by atoms with van der Waals surface area (Å²) in [5.74, 6) is 0.335. The molecule has 0 spiro atoms. The summed E-state index contributed by atoms with van der Waals surface area (Å²) in [4.78, 5) is 7.04. The Morgan fingerprint density at radius 1 is 1.24 bits per heavy atom. The van der Waals surface area contributed by atoms with Gasteiger partial charge in [-0.25, -0.2) is 8.42 Å². The fraction of sp³-hybridized carbons (Fsp3) is 0.500. The third-order valence-corrected chi connectivity index (χ3v) is 3.22. The average molecular weight is 257 g/mol. The maximum absolute atomic E-state index is 11.5. The zero-order valence-corrected chi connectivity index (χ0v) is 11.0. The third-order valence-electron chi connectivity index (χ3n) is 2.10. The molecule has 5 heteroatoms. The van der Waals surface area contributed by atoms with Gasteiger partial charge in [0.25, 0.3) is 0 Å². The van der Waals surface area contributed by atoms with Crippen LogP contribution in [0.15, 0.2) is 30.3 Å². The lowest BCUT2D eigenvalue weighted by Gasteiger charge is -2.08. The molecule has 96 valence electrons. The first kappa shape index (κ1) is 14.2. The number of nitrogens with one attached hydrogen (secondary N) is 1. The summed E-state index contributed by atoms with van der Waals surface area (Å²) in [6, 6.07) is 9.51. The number of hydrogen-bond donors (Lipinski definition) is 1. The van der Waals surface area contributed by atoms with Crippen molar-refractivity contribution in [3.63, 3.8) is 0 Å². The van der Waals surface area contributed by atoms with Gasteiger partial charge in [0, 0.05) is 0 Å². The van der Waals surface area contributed by atoms with Gasteiger partial charge in [0.1, 0.15) is 0 Å². The van der Waals surface area contributed by atoms with Gasteiger partial charge in [0.05, 0.1) is 12.4 Å². The van der Waals surface area contributed by atoms with Crippen molar-refractivity contribution in [3.05, 3.63) is 35.9 Å². The normalized spacial score (nSPS) is 11.9. The largest absolute Gasteiger partial charge is 0.287 e. The van der Waals surface area contributed by atoms with Crippen molar-refractivity contribution in [2.75, 3.05) is 12.4 Å². The first-order valence-corrected chi connectivity index (χ1v) is 7.30. The number of aryl methyl sites for hydroxylation is 1. The van der Waals surface area contributed by atoms with Gasteiger partial charge in [-0.1, -0.05) is 49.1 Å². The second-order valence-corrected chi connectivity index (χ2v) is 6.15. The van der Waals surface area contributed by atoms with Gasteiger partial charge in [-0.15, -0.1) is 0 Å². The molecule has 0 radical (unpaired) electrons. The van der Waals surface area contributed by atoms with Crippen molar-refractivity contribution in [1.82, 2.24) is 4.89 Å². The summed E-state index contributed by atoms with van der Waals surface area (Å²) >= 11 is 0. The molecule has 0 heterocycles. The van der Waals surface area contributed by atoms with Crippen LogP contribution in [-0.4, -0.2) is 20.8 Å². The van der Waals surface area contributed by atoms with E-state index in [0.717, 1.165) is 5.56 Å². The minimum absolute atomic E-state index is 0.0368. The molecule has 1 N–H and O–H groups in total. The van der Waals surface area contributed by atoms with Gasteiger partial charge in [0.2, 0.25) is 10.0 Å². The van der Waals surface area contributed by atoms with Crippen molar-refractivity contribution < 1.29 is 13.3 Å². The fourth-order valence-electron chi connectivity index (χ4n) is 1.23. The maximum Gasteiger partial charge on any atom is 0.233 e. The summed E-state index contributed by atoms with van der Waals surface area (Å²) < 4.78 is 23.1. The molecule has 1 aromatic carbocycles. The van der Waals surface area contributed by atoms with Crippen molar-refractivity contribution in [2.45, 2.75) is 20.3 Å². The SMILES string of the molecule is CC(C)CONS(=O)(=O)CCc1ccccc1. The van der Waals surface area contributed by atoms with Gasteiger partial charge in [-0.05, 0) is 17.9 Å². The standard InChI is InChI=1S/C12H19NO3S/c1-11(2)10-16-13-17(14,15)9-8-12-6-4-3-5-7-12/h3-7,11,13H,8-10H2,1-2H3. The van der Waals surface area contributed by atoms with Crippen molar-refractivity contribution in [2.24, 2.45) is 5.92 Å². The van der Waals surface area contributed by atoms with Gasteiger partial charge in [0.15, 0.2) is 0 Å². The highest BCUT2D eigenvalue weighted by atomic mass is 32.2. The van der Waals surface area contributed by atoms with E-state index in [-0.39, 0.29) is 5.75 Å². The van der Waals surface area contributed by atoms with E-state index in [9.17, 15) is 8.42 Å². The molecule has 1 aromatic rings. The Morgan fingerprint density at radius 3 is 2.47 bits per heavy atom. The molecule has 0 atom stereocenters. The van der Waals surface area contributed by atoms with Crippen LogP contribution in [-0.2, 0) is 21.3 Å². The number of hydrogen-bond acceptors (Lipinski definition) is 3. The Kier molecular flexibility index (Phi) is 5.61. The van der Waals surface area contributed by atoms with Gasteiger partial charge >= 0.3 is 0 Å². The molecule has 0 amide bonds. The molecule has 0 aliphatic carbocycles. The van der Waals surface area contributed by atoms with Crippen molar-refractivity contribution >= 4 is 10.0 Å². The van der Waals surface area contributed by atoms with Crippen LogP contribution in [0, 0.1) is 5.92 Å². The minimum Gasteiger partial charge on any atom is -0.287 e. The van der Waals surface area contributed by atoms with Crippen LogP contribution in [0.1, 0.15) is 19.4 Å². The summed E-state index contributed by atoms with van der Waals surface area (Å²) in [7, 11) is -3.35. The topological polar surface area (TPSA) is 55.4 Å². The van der Waals surface area contributed by atoms with Crippen molar-refractivity contribution in [1.29, 1.82) is 0 Å². The van der Waals surface area contributed by atoms with E-state index in [1.165, 1.54) is 0 Å². The smallest absolute Gasteiger partial charge is 0.233 e. The van der Waals surface area contributed by atoms with Gasteiger partial charge in [-0.3, -0.25) is 4.84 Å². The van der Waals surface area contributed by atoms with E-state index < -0.39 is 10.0 Å². The predicted molar refractivity (Wildman–Crippen MR) is 67.9 cm³/mol. The highest BCUT2D eigenvalue weighted by molar-refractivity contribution is 7.89. The van der Waals surface area contributed by atoms with E-state index in [0.29, 0.717) is 18.9 Å². The Labute approximate surface area is 103 Å². The molecule has 0 saturated carbocycles. The number of rotatable bonds is 7. The van der Waals surface area contributed by atoms with Crippen LogP contribution in [0.5, 0.6) is 0 Å². The average Bonchev–Trinajstić information content (AvgIpc) is 2.27. The maximum atomic E-state index is 11.5. The minimum atomic E-state index is -3.35. The van der Waals surface area contributed by atoms with Gasteiger partial charge < -0.3 is 0 Å². The van der Waals surface area contributed by atoms with Crippen LogP contribution < -0.4 is 4.89 Å². The lowest BCUT2D eigenvalue weighted by molar-refractivity contribution is 0.0719. The zero-order valence-electron chi connectivity index (χ0n) is 10.2. The molecule has 4 nitrogen and oxygen atoms in total. The lowest BCUT2D eigenvalue weighted by atomic mass is 10.2. The first-order chi connectivity index (χ1) is 7.99. The lowest BCUT2D eigenvalue weighted by Crippen LogP contribution is -2.28. The molecule has 0 unspecified atom stereocenters. The Balaban J connectivity index is 2.35. The van der Waals surface area contributed by atoms with E-state index in [4.69, 9.17) is 4.84 Å². The molecule has 0 saturated heterocycles. The summed E-state index contributed by atoms with van der Waals surface area (Å²) in [6.07, 6.45) is 0.487. The Morgan fingerprint density at radius 2 is 1.88 bits per heavy atom. The monoisotopic (exact) mass is 257 g/mol. The summed E-state index contributed by atoms with van der Waals surface area (Å²) in [5.41, 5.74) is 1.00. The Hall–Kier alpha value is -0.910. The predicted octanol–water partition coefficient (Wildman–Crippen LogP) is 1.74. The van der Waals surface area contributed by atoms with E-state index in [1.54, 1.807) is 0 Å². The molecule has 1 rings (SSSR count). The molecule has 0 aliphatic rings. The van der Waals surface area contributed by atoms with Crippen LogP contribution >= 0.6 is 0 Å². The molecule has 0 bridgehead atoms. The third kappa shape index (κ3) is 6.41. The second-order valence-electron chi connectivity index (χ2n) is 4.34. The second kappa shape index (κ2) is 6.74. The highest BCUT2D eigenvalue weighted by Gasteiger charge is 2.10. The summed E-state index contributed by atoms with van der Waals surface area (Å²) in [6.45, 7) is 4.29. The molecule has 17 heavy (non-hydrogen) atoms. The number of benzene rings is 1. The first-order valence-electron chi connectivity index (χ1n) is 5.65. The van der Waals surface area contributed by atoms with Crippen LogP contribution in [0.3, 0.4) is 0 Å². The quantitative estimate of drug-likeness (QED) is 0.757. The molecular formula is C12H19NO3S. The van der Waals surface area contributed by atoms with E-state index in [1.807, 2.05) is 44.2 Å². The molecular weight excluding hydrogens is 238 g/mol. The highest BCUT2D eigenvalue weighted by Crippen LogP contribution is 2.01. The zero-order chi connectivity index (χ0) is 12.7. The van der Waals surface area contributed by atoms with Crippen LogP contribution in [0.25, 0.3) is 0 Å². The van der Waals surface area contributed by atoms with E-state index >= 15 is 0 Å². The molecule has 0 aliphatic heterocycles. The molecule has 0 aromatic heterocycles. The van der Waals surface area contributed by atoms with Gasteiger partial charge in [-0.2, -0.15) is 0 Å². The summed E-state index contributed by atoms with van der Waals surface area (Å²) in [5, 5.41) is 0. The van der Waals surface area contributed by atoms with Crippen molar-refractivity contribution in [3.8, 4) is 0 Å². The van der Waals surface area contributed by atoms with E-state index in [2.05, 4.69) is 4.89 Å². The van der Waals surface area contributed by atoms with Crippen LogP contribution in [0.2, 0.25) is 0 Å². The fourth-order valence-corrected chi connectivity index (χ4v) is 2.06.